The van der Waals surface area contributed by atoms with Crippen LogP contribution in [0.2, 0.25) is 0 Å². The van der Waals surface area contributed by atoms with Crippen LogP contribution in [-0.2, 0) is 16.0 Å². The Kier molecular flexibility index (Phi) is 5.87. The van der Waals surface area contributed by atoms with E-state index in [1.165, 1.54) is 0 Å². The molecule has 0 aliphatic carbocycles. The van der Waals surface area contributed by atoms with Crippen LogP contribution < -0.4 is 11.1 Å². The van der Waals surface area contributed by atoms with Gasteiger partial charge in [0.1, 0.15) is 6.04 Å². The van der Waals surface area contributed by atoms with Gasteiger partial charge in [-0.1, -0.05) is 30.3 Å². The second-order valence-electron chi connectivity index (χ2n) is 4.04. The molecule has 0 unspecified atom stereocenters. The van der Waals surface area contributed by atoms with Crippen molar-refractivity contribution in [1.29, 1.82) is 0 Å². The summed E-state index contributed by atoms with van der Waals surface area (Å²) in [7, 11) is 0. The molecule has 1 rings (SSSR count). The van der Waals surface area contributed by atoms with Crippen molar-refractivity contribution in [2.24, 2.45) is 5.73 Å². The van der Waals surface area contributed by atoms with Gasteiger partial charge in [0.2, 0.25) is 5.91 Å². The van der Waals surface area contributed by atoms with Crippen LogP contribution in [0.1, 0.15) is 18.4 Å². The van der Waals surface area contributed by atoms with E-state index in [1.54, 1.807) is 0 Å². The van der Waals surface area contributed by atoms with Gasteiger partial charge in [-0.3, -0.25) is 4.79 Å². The lowest BCUT2D eigenvalue weighted by molar-refractivity contribution is -0.141. The van der Waals surface area contributed by atoms with Gasteiger partial charge in [0, 0.05) is 12.8 Å². The third kappa shape index (κ3) is 4.97. The summed E-state index contributed by atoms with van der Waals surface area (Å²) in [6.07, 6.45) is 1.10. The van der Waals surface area contributed by atoms with Crippen molar-refractivity contribution in [3.8, 4) is 0 Å². The van der Waals surface area contributed by atoms with E-state index in [0.29, 0.717) is 13.0 Å². The van der Waals surface area contributed by atoms with E-state index in [0.717, 1.165) is 5.56 Å². The summed E-state index contributed by atoms with van der Waals surface area (Å²) in [5.41, 5.74) is 6.17. The molecule has 0 saturated carbocycles. The van der Waals surface area contributed by atoms with E-state index in [1.807, 2.05) is 30.3 Å². The Hall–Kier alpha value is -1.88. The lowest BCUT2D eigenvalue weighted by atomic mass is 10.1. The largest absolute Gasteiger partial charge is 0.480 e. The molecule has 0 heterocycles. The highest BCUT2D eigenvalue weighted by Crippen LogP contribution is 2.04. The number of hydrogen-bond donors (Lipinski definition) is 3. The monoisotopic (exact) mass is 250 g/mol. The molecule has 5 nitrogen and oxygen atoms in total. The van der Waals surface area contributed by atoms with Gasteiger partial charge >= 0.3 is 5.97 Å². The number of nitrogens with two attached hydrogens (primary N) is 1. The lowest BCUT2D eigenvalue weighted by Gasteiger charge is -2.14. The number of amides is 1. The minimum absolute atomic E-state index is 0.259. The Bertz CT molecular complexity index is 392. The SMILES string of the molecule is NCCCC(=O)N[C@@H](Cc1ccccc1)C(=O)O. The van der Waals surface area contributed by atoms with Gasteiger partial charge in [0.05, 0.1) is 0 Å². The van der Waals surface area contributed by atoms with Crippen LogP contribution in [-0.4, -0.2) is 29.6 Å². The maximum absolute atomic E-state index is 11.5. The maximum Gasteiger partial charge on any atom is 0.326 e. The van der Waals surface area contributed by atoms with Gasteiger partial charge < -0.3 is 16.2 Å². The number of carboxylic acid groups (broad SMARTS) is 1. The molecule has 0 saturated heterocycles. The number of aliphatic carboxylic acids is 1. The van der Waals surface area contributed by atoms with Crippen molar-refractivity contribution in [2.45, 2.75) is 25.3 Å². The molecule has 1 amide bonds. The zero-order valence-corrected chi connectivity index (χ0v) is 10.1. The zero-order chi connectivity index (χ0) is 13.4. The number of benzene rings is 1. The Morgan fingerprint density at radius 3 is 2.50 bits per heavy atom. The van der Waals surface area contributed by atoms with E-state index < -0.39 is 12.0 Å². The standard InChI is InChI=1S/C13H18N2O3/c14-8-4-7-12(16)15-11(13(17)18)9-10-5-2-1-3-6-10/h1-3,5-6,11H,4,7-9,14H2,(H,15,16)(H,17,18)/t11-/m0/s1. The minimum atomic E-state index is -1.03. The number of rotatable bonds is 7. The number of carbonyl (C=O) groups excluding carboxylic acids is 1. The first-order valence-electron chi connectivity index (χ1n) is 5.89. The van der Waals surface area contributed by atoms with Crippen LogP contribution in [0.25, 0.3) is 0 Å². The average molecular weight is 250 g/mol. The van der Waals surface area contributed by atoms with Crippen LogP contribution in [0.5, 0.6) is 0 Å². The summed E-state index contributed by atoms with van der Waals surface area (Å²) in [5.74, 6) is -1.30. The summed E-state index contributed by atoms with van der Waals surface area (Å²) in [4.78, 5) is 22.6. The molecule has 98 valence electrons. The molecular weight excluding hydrogens is 232 g/mol. The Balaban J connectivity index is 2.55. The van der Waals surface area contributed by atoms with E-state index in [-0.39, 0.29) is 18.7 Å². The van der Waals surface area contributed by atoms with Crippen molar-refractivity contribution in [2.75, 3.05) is 6.54 Å². The summed E-state index contributed by atoms with van der Waals surface area (Å²) in [6, 6.07) is 8.32. The molecule has 0 aliphatic heterocycles. The Labute approximate surface area is 106 Å². The van der Waals surface area contributed by atoms with Gasteiger partial charge in [0.15, 0.2) is 0 Å². The molecule has 0 spiro atoms. The fourth-order valence-corrected chi connectivity index (χ4v) is 1.58. The van der Waals surface area contributed by atoms with Crippen molar-refractivity contribution >= 4 is 11.9 Å². The first-order valence-corrected chi connectivity index (χ1v) is 5.89. The molecule has 1 aromatic rings. The molecule has 5 heteroatoms. The quantitative estimate of drug-likeness (QED) is 0.658. The fourth-order valence-electron chi connectivity index (χ4n) is 1.58. The third-order valence-corrected chi connectivity index (χ3v) is 2.52. The summed E-state index contributed by atoms with van der Waals surface area (Å²) in [6.45, 7) is 0.420. The van der Waals surface area contributed by atoms with E-state index in [9.17, 15) is 9.59 Å². The zero-order valence-electron chi connectivity index (χ0n) is 10.1. The summed E-state index contributed by atoms with van der Waals surface area (Å²) >= 11 is 0. The molecule has 0 fully saturated rings. The summed E-state index contributed by atoms with van der Waals surface area (Å²) in [5, 5.41) is 11.6. The Morgan fingerprint density at radius 2 is 1.94 bits per heavy atom. The number of hydrogen-bond acceptors (Lipinski definition) is 3. The first-order chi connectivity index (χ1) is 8.63. The highest BCUT2D eigenvalue weighted by Gasteiger charge is 2.19. The topological polar surface area (TPSA) is 92.4 Å². The van der Waals surface area contributed by atoms with Crippen LogP contribution in [0.15, 0.2) is 30.3 Å². The number of carbonyl (C=O) groups is 2. The van der Waals surface area contributed by atoms with E-state index in [4.69, 9.17) is 10.8 Å². The number of carboxylic acids is 1. The van der Waals surface area contributed by atoms with Crippen molar-refractivity contribution in [3.63, 3.8) is 0 Å². The van der Waals surface area contributed by atoms with Gasteiger partial charge in [-0.25, -0.2) is 4.79 Å². The molecule has 18 heavy (non-hydrogen) atoms. The smallest absolute Gasteiger partial charge is 0.326 e. The molecule has 0 bridgehead atoms. The minimum Gasteiger partial charge on any atom is -0.480 e. The molecule has 1 atom stereocenters. The fraction of sp³-hybridized carbons (Fsp3) is 0.385. The van der Waals surface area contributed by atoms with Gasteiger partial charge in [-0.15, -0.1) is 0 Å². The molecule has 0 aliphatic rings. The predicted molar refractivity (Wildman–Crippen MR) is 68.0 cm³/mol. The predicted octanol–water partition coefficient (Wildman–Crippen LogP) is 0.537. The van der Waals surface area contributed by atoms with Gasteiger partial charge in [-0.05, 0) is 18.5 Å². The second-order valence-corrected chi connectivity index (χ2v) is 4.04. The normalized spacial score (nSPS) is 11.8. The highest BCUT2D eigenvalue weighted by atomic mass is 16.4. The van der Waals surface area contributed by atoms with Crippen LogP contribution in [0.3, 0.4) is 0 Å². The van der Waals surface area contributed by atoms with Crippen LogP contribution >= 0.6 is 0 Å². The van der Waals surface area contributed by atoms with Gasteiger partial charge in [-0.2, -0.15) is 0 Å². The third-order valence-electron chi connectivity index (χ3n) is 2.52. The molecule has 0 aromatic heterocycles. The van der Waals surface area contributed by atoms with E-state index >= 15 is 0 Å². The average Bonchev–Trinajstić information content (AvgIpc) is 2.36. The van der Waals surface area contributed by atoms with Crippen molar-refractivity contribution < 1.29 is 14.7 Å². The van der Waals surface area contributed by atoms with Crippen molar-refractivity contribution in [3.05, 3.63) is 35.9 Å². The van der Waals surface area contributed by atoms with Crippen LogP contribution in [0, 0.1) is 0 Å². The molecule has 4 N–H and O–H groups in total. The molecule has 1 aromatic carbocycles. The van der Waals surface area contributed by atoms with E-state index in [2.05, 4.69) is 5.32 Å². The highest BCUT2D eigenvalue weighted by molar-refractivity contribution is 5.83. The van der Waals surface area contributed by atoms with Crippen LogP contribution in [0.4, 0.5) is 0 Å². The maximum atomic E-state index is 11.5. The second kappa shape index (κ2) is 7.45. The molecule has 0 radical (unpaired) electrons. The summed E-state index contributed by atoms with van der Waals surface area (Å²) < 4.78 is 0. The first kappa shape index (κ1) is 14.2. The molecular formula is C13H18N2O3. The Morgan fingerprint density at radius 1 is 1.28 bits per heavy atom. The lowest BCUT2D eigenvalue weighted by Crippen LogP contribution is -2.42. The van der Waals surface area contributed by atoms with Crippen molar-refractivity contribution in [1.82, 2.24) is 5.32 Å². The number of nitrogens with one attached hydrogen (secondary N) is 1. The van der Waals surface area contributed by atoms with Gasteiger partial charge in [0.25, 0.3) is 0 Å².